The van der Waals surface area contributed by atoms with Crippen molar-refractivity contribution < 1.29 is 13.6 Å². The van der Waals surface area contributed by atoms with E-state index in [-0.39, 0.29) is 11.7 Å². The van der Waals surface area contributed by atoms with E-state index in [4.69, 9.17) is 4.98 Å². The molecule has 0 aliphatic heterocycles. The zero-order valence-electron chi connectivity index (χ0n) is 15.1. The average Bonchev–Trinajstić information content (AvgIpc) is 3.33. The van der Waals surface area contributed by atoms with Crippen molar-refractivity contribution in [2.24, 2.45) is 0 Å². The molecule has 0 saturated carbocycles. The Kier molecular flexibility index (Phi) is 4.64. The van der Waals surface area contributed by atoms with Crippen molar-refractivity contribution in [3.8, 4) is 10.6 Å². The molecule has 4 aromatic rings. The Morgan fingerprint density at radius 2 is 2.00 bits per heavy atom. The minimum absolute atomic E-state index is 0.0608. The normalized spacial score (nSPS) is 11.3. The number of fused-ring (bicyclic) bond motifs is 1. The summed E-state index contributed by atoms with van der Waals surface area (Å²) >= 11 is 1.51. The van der Waals surface area contributed by atoms with Gasteiger partial charge in [-0.1, -0.05) is 6.07 Å². The zero-order chi connectivity index (χ0) is 19.8. The molecule has 1 amide bonds. The van der Waals surface area contributed by atoms with E-state index in [1.165, 1.54) is 17.4 Å². The lowest BCUT2D eigenvalue weighted by Crippen LogP contribution is -2.13. The minimum Gasteiger partial charge on any atom is -0.322 e. The molecule has 1 N–H and O–H groups in total. The first kappa shape index (κ1) is 18.2. The second-order valence-corrected chi connectivity index (χ2v) is 7.48. The van der Waals surface area contributed by atoms with Gasteiger partial charge < -0.3 is 5.32 Å². The number of amides is 1. The Morgan fingerprint density at radius 1 is 1.18 bits per heavy atom. The molecule has 1 aromatic carbocycles. The van der Waals surface area contributed by atoms with Gasteiger partial charge in [-0.05, 0) is 43.5 Å². The summed E-state index contributed by atoms with van der Waals surface area (Å²) in [7, 11) is 0. The Labute approximate surface area is 163 Å². The predicted octanol–water partition coefficient (Wildman–Crippen LogP) is 5.27. The van der Waals surface area contributed by atoms with Crippen molar-refractivity contribution in [3.05, 3.63) is 65.2 Å². The number of halogens is 2. The van der Waals surface area contributed by atoms with E-state index in [1.54, 1.807) is 16.9 Å². The number of hydrogen-bond donors (Lipinski definition) is 1. The molecule has 0 fully saturated rings. The smallest absolute Gasteiger partial charge is 0.256 e. The fourth-order valence-electron chi connectivity index (χ4n) is 2.91. The molecule has 0 aliphatic carbocycles. The van der Waals surface area contributed by atoms with Crippen LogP contribution in [-0.2, 0) is 0 Å². The predicted molar refractivity (Wildman–Crippen MR) is 106 cm³/mol. The fourth-order valence-corrected chi connectivity index (χ4v) is 3.59. The number of nitrogens with zero attached hydrogens (tertiary/aromatic N) is 3. The number of thiophene rings is 1. The van der Waals surface area contributed by atoms with Gasteiger partial charge in [-0.3, -0.25) is 4.79 Å². The number of benzene rings is 1. The van der Waals surface area contributed by atoms with Crippen LogP contribution in [0.2, 0.25) is 0 Å². The van der Waals surface area contributed by atoms with Gasteiger partial charge in [-0.25, -0.2) is 18.4 Å². The quantitative estimate of drug-likeness (QED) is 0.509. The highest BCUT2D eigenvalue weighted by molar-refractivity contribution is 7.13. The number of carbonyl (C=O) groups is 1. The molecule has 0 atom stereocenters. The Morgan fingerprint density at radius 3 is 2.68 bits per heavy atom. The number of nitrogens with one attached hydrogen (secondary N) is 1. The lowest BCUT2D eigenvalue weighted by atomic mass is 10.1. The molecule has 0 unspecified atom stereocenters. The molecule has 8 heteroatoms. The molecular weight excluding hydrogens is 382 g/mol. The number of pyridine rings is 1. The molecule has 4 rings (SSSR count). The highest BCUT2D eigenvalue weighted by Gasteiger charge is 2.19. The highest BCUT2D eigenvalue weighted by atomic mass is 32.1. The maximum absolute atomic E-state index is 13.5. The number of rotatable bonds is 4. The summed E-state index contributed by atoms with van der Waals surface area (Å²) in [5.41, 5.74) is 1.78. The molecule has 3 heterocycles. The van der Waals surface area contributed by atoms with Gasteiger partial charge in [-0.2, -0.15) is 5.10 Å². The van der Waals surface area contributed by atoms with Crippen molar-refractivity contribution in [2.75, 3.05) is 5.32 Å². The summed E-state index contributed by atoms with van der Waals surface area (Å²) in [6.45, 7) is 3.96. The van der Waals surface area contributed by atoms with Crippen molar-refractivity contribution in [2.45, 2.75) is 19.9 Å². The van der Waals surface area contributed by atoms with Gasteiger partial charge in [-0.15, -0.1) is 11.3 Å². The molecule has 142 valence electrons. The van der Waals surface area contributed by atoms with Crippen molar-refractivity contribution in [1.29, 1.82) is 0 Å². The van der Waals surface area contributed by atoms with Crippen LogP contribution in [0.25, 0.3) is 21.6 Å². The summed E-state index contributed by atoms with van der Waals surface area (Å²) in [6.07, 6.45) is 1.60. The Balaban J connectivity index is 1.82. The monoisotopic (exact) mass is 398 g/mol. The summed E-state index contributed by atoms with van der Waals surface area (Å²) in [6, 6.07) is 8.82. The zero-order valence-corrected chi connectivity index (χ0v) is 15.9. The van der Waals surface area contributed by atoms with Crippen LogP contribution < -0.4 is 5.32 Å². The molecule has 0 spiro atoms. The second kappa shape index (κ2) is 7.12. The first-order valence-corrected chi connectivity index (χ1v) is 9.50. The van der Waals surface area contributed by atoms with Crippen LogP contribution in [0.3, 0.4) is 0 Å². The second-order valence-electron chi connectivity index (χ2n) is 6.54. The van der Waals surface area contributed by atoms with Gasteiger partial charge >= 0.3 is 0 Å². The molecule has 3 aromatic heterocycles. The highest BCUT2D eigenvalue weighted by Crippen LogP contribution is 2.29. The van der Waals surface area contributed by atoms with Gasteiger partial charge in [0.05, 0.1) is 27.7 Å². The third kappa shape index (κ3) is 3.27. The largest absolute Gasteiger partial charge is 0.322 e. The van der Waals surface area contributed by atoms with E-state index < -0.39 is 17.5 Å². The Hall–Kier alpha value is -3.13. The first-order chi connectivity index (χ1) is 13.4. The fraction of sp³-hybridized carbons (Fsp3) is 0.150. The summed E-state index contributed by atoms with van der Waals surface area (Å²) < 4.78 is 28.4. The van der Waals surface area contributed by atoms with E-state index in [0.29, 0.717) is 22.3 Å². The third-order valence-corrected chi connectivity index (χ3v) is 5.14. The SMILES string of the molecule is CC(C)n1ncc2c(C(=O)Nc3ccc(F)c(F)c3)cc(-c3cccs3)nc21. The van der Waals surface area contributed by atoms with Gasteiger partial charge in [0.25, 0.3) is 5.91 Å². The number of aromatic nitrogens is 3. The van der Waals surface area contributed by atoms with Gasteiger partial charge in [0, 0.05) is 17.8 Å². The van der Waals surface area contributed by atoms with E-state index >= 15 is 0 Å². The molecule has 5 nitrogen and oxygen atoms in total. The van der Waals surface area contributed by atoms with Gasteiger partial charge in [0.2, 0.25) is 0 Å². The van der Waals surface area contributed by atoms with E-state index in [2.05, 4.69) is 10.4 Å². The number of carbonyl (C=O) groups excluding carboxylic acids is 1. The van der Waals surface area contributed by atoms with Crippen LogP contribution in [-0.4, -0.2) is 20.7 Å². The molecule has 0 aliphatic rings. The summed E-state index contributed by atoms with van der Waals surface area (Å²) in [5.74, 6) is -2.44. The average molecular weight is 398 g/mol. The van der Waals surface area contributed by atoms with Crippen LogP contribution in [0.5, 0.6) is 0 Å². The summed E-state index contributed by atoms with van der Waals surface area (Å²) in [4.78, 5) is 18.5. The molecule has 0 radical (unpaired) electrons. The molecule has 0 saturated heterocycles. The van der Waals surface area contributed by atoms with Crippen LogP contribution in [0.15, 0.2) is 48.0 Å². The van der Waals surface area contributed by atoms with Crippen LogP contribution >= 0.6 is 11.3 Å². The maximum atomic E-state index is 13.5. The van der Waals surface area contributed by atoms with Gasteiger partial charge in [0.1, 0.15) is 0 Å². The van der Waals surface area contributed by atoms with Crippen molar-refractivity contribution >= 4 is 34.0 Å². The van der Waals surface area contributed by atoms with E-state index in [9.17, 15) is 13.6 Å². The standard InChI is InChI=1S/C20H16F2N4OS/c1-11(2)26-19-14(10-23-26)13(9-17(25-19)18-4-3-7-28-18)20(27)24-12-5-6-15(21)16(22)8-12/h3-11H,1-2H3,(H,24,27). The van der Waals surface area contributed by atoms with E-state index in [0.717, 1.165) is 17.0 Å². The molecule has 0 bridgehead atoms. The topological polar surface area (TPSA) is 59.8 Å². The van der Waals surface area contributed by atoms with Crippen LogP contribution in [0, 0.1) is 11.6 Å². The molecule has 28 heavy (non-hydrogen) atoms. The minimum atomic E-state index is -1.02. The summed E-state index contributed by atoms with van der Waals surface area (Å²) in [5, 5.41) is 9.51. The van der Waals surface area contributed by atoms with Gasteiger partial charge in [0.15, 0.2) is 17.3 Å². The first-order valence-electron chi connectivity index (χ1n) is 8.62. The number of hydrogen-bond acceptors (Lipinski definition) is 4. The lowest BCUT2D eigenvalue weighted by molar-refractivity contribution is 0.102. The molecular formula is C20H16F2N4OS. The third-order valence-electron chi connectivity index (χ3n) is 4.25. The van der Waals surface area contributed by atoms with Crippen LogP contribution in [0.1, 0.15) is 30.2 Å². The Bertz CT molecular complexity index is 1170. The lowest BCUT2D eigenvalue weighted by Gasteiger charge is -2.10. The van der Waals surface area contributed by atoms with Crippen LogP contribution in [0.4, 0.5) is 14.5 Å². The number of anilines is 1. The maximum Gasteiger partial charge on any atom is 0.256 e. The van der Waals surface area contributed by atoms with E-state index in [1.807, 2.05) is 31.4 Å². The van der Waals surface area contributed by atoms with Crippen molar-refractivity contribution in [1.82, 2.24) is 14.8 Å². The van der Waals surface area contributed by atoms with Crippen molar-refractivity contribution in [3.63, 3.8) is 0 Å².